The fourth-order valence-corrected chi connectivity index (χ4v) is 2.55. The zero-order valence-corrected chi connectivity index (χ0v) is 12.7. The van der Waals surface area contributed by atoms with E-state index < -0.39 is 5.67 Å². The van der Waals surface area contributed by atoms with Gasteiger partial charge >= 0.3 is 0 Å². The van der Waals surface area contributed by atoms with Crippen molar-refractivity contribution in [1.82, 2.24) is 0 Å². The first-order chi connectivity index (χ1) is 8.42. The minimum absolute atomic E-state index is 0.0974. The maximum absolute atomic E-state index is 15.0. The van der Waals surface area contributed by atoms with Crippen LogP contribution in [0.25, 0.3) is 0 Å². The molecular weight excluding hydrogens is 301 g/mol. The maximum atomic E-state index is 15.0. The molecule has 18 heavy (non-hydrogen) atoms. The van der Waals surface area contributed by atoms with Gasteiger partial charge in [-0.05, 0) is 34.0 Å². The van der Waals surface area contributed by atoms with Gasteiger partial charge in [-0.15, -0.1) is 0 Å². The number of nitrogens with two attached hydrogens (primary N) is 1. The van der Waals surface area contributed by atoms with Gasteiger partial charge in [-0.25, -0.2) is 4.39 Å². The number of ether oxygens (including phenoxy) is 2. The summed E-state index contributed by atoms with van der Waals surface area (Å²) < 4.78 is 26.0. The Hall–Kier alpha value is -0.810. The zero-order valence-electron chi connectivity index (χ0n) is 11.1. The van der Waals surface area contributed by atoms with Crippen molar-refractivity contribution in [3.63, 3.8) is 0 Å². The third-order valence-electron chi connectivity index (χ3n) is 3.15. The molecule has 0 amide bonds. The number of halogens is 2. The van der Waals surface area contributed by atoms with Crippen LogP contribution in [0.15, 0.2) is 16.6 Å². The van der Waals surface area contributed by atoms with E-state index in [-0.39, 0.29) is 12.5 Å². The molecule has 0 saturated carbocycles. The molecule has 0 aliphatic carbocycles. The normalized spacial score (nSPS) is 14.4. The highest BCUT2D eigenvalue weighted by molar-refractivity contribution is 9.10. The zero-order chi connectivity index (χ0) is 13.9. The Labute approximate surface area is 116 Å². The average Bonchev–Trinajstić information content (AvgIpc) is 2.37. The SMILES string of the molecule is COc1ccc(C(F)(CN)C(C)C)c(OC)c1Br. The summed E-state index contributed by atoms with van der Waals surface area (Å²) in [6.45, 7) is 3.49. The van der Waals surface area contributed by atoms with Crippen LogP contribution in [0, 0.1) is 5.92 Å². The summed E-state index contributed by atoms with van der Waals surface area (Å²) in [5.41, 5.74) is 4.42. The van der Waals surface area contributed by atoms with Crippen molar-refractivity contribution in [1.29, 1.82) is 0 Å². The minimum Gasteiger partial charge on any atom is -0.495 e. The largest absolute Gasteiger partial charge is 0.495 e. The summed E-state index contributed by atoms with van der Waals surface area (Å²) in [6, 6.07) is 3.36. The quantitative estimate of drug-likeness (QED) is 0.906. The third-order valence-corrected chi connectivity index (χ3v) is 3.90. The van der Waals surface area contributed by atoms with Crippen LogP contribution in [-0.2, 0) is 5.67 Å². The number of methoxy groups -OCH3 is 2. The van der Waals surface area contributed by atoms with E-state index in [1.807, 2.05) is 0 Å². The Morgan fingerprint density at radius 1 is 1.33 bits per heavy atom. The molecule has 1 aromatic carbocycles. The summed E-state index contributed by atoms with van der Waals surface area (Å²) in [7, 11) is 3.05. The molecule has 1 aromatic rings. The third kappa shape index (κ3) is 2.47. The van der Waals surface area contributed by atoms with E-state index in [4.69, 9.17) is 15.2 Å². The molecule has 0 fully saturated rings. The second kappa shape index (κ2) is 5.89. The molecule has 0 aliphatic heterocycles. The molecule has 0 aromatic heterocycles. The van der Waals surface area contributed by atoms with Crippen LogP contribution in [0.1, 0.15) is 19.4 Å². The summed E-state index contributed by atoms with van der Waals surface area (Å²) in [6.07, 6.45) is 0. The van der Waals surface area contributed by atoms with E-state index in [1.54, 1.807) is 33.1 Å². The Balaban J connectivity index is 3.45. The van der Waals surface area contributed by atoms with Gasteiger partial charge in [0.05, 0.1) is 14.2 Å². The van der Waals surface area contributed by atoms with Crippen molar-refractivity contribution in [2.75, 3.05) is 20.8 Å². The molecule has 0 heterocycles. The molecule has 0 aliphatic rings. The fraction of sp³-hybridized carbons (Fsp3) is 0.538. The molecule has 1 unspecified atom stereocenters. The van der Waals surface area contributed by atoms with E-state index in [9.17, 15) is 4.39 Å². The molecule has 3 nitrogen and oxygen atoms in total. The number of hydrogen-bond acceptors (Lipinski definition) is 3. The van der Waals surface area contributed by atoms with Crippen LogP contribution >= 0.6 is 15.9 Å². The van der Waals surface area contributed by atoms with Gasteiger partial charge in [0.2, 0.25) is 0 Å². The first-order valence-electron chi connectivity index (χ1n) is 5.72. The molecule has 5 heteroatoms. The Morgan fingerprint density at radius 3 is 2.33 bits per heavy atom. The van der Waals surface area contributed by atoms with Crippen LogP contribution in [0.5, 0.6) is 11.5 Å². The van der Waals surface area contributed by atoms with E-state index in [2.05, 4.69) is 15.9 Å². The number of benzene rings is 1. The topological polar surface area (TPSA) is 44.5 Å². The first kappa shape index (κ1) is 15.2. The second-order valence-electron chi connectivity index (χ2n) is 4.38. The summed E-state index contributed by atoms with van der Waals surface area (Å²) in [4.78, 5) is 0. The van der Waals surface area contributed by atoms with E-state index in [0.717, 1.165) is 0 Å². The smallest absolute Gasteiger partial charge is 0.154 e. The molecule has 0 radical (unpaired) electrons. The first-order valence-corrected chi connectivity index (χ1v) is 6.51. The Morgan fingerprint density at radius 2 is 1.94 bits per heavy atom. The van der Waals surface area contributed by atoms with Gasteiger partial charge < -0.3 is 15.2 Å². The Kier molecular flexibility index (Phi) is 4.99. The lowest BCUT2D eigenvalue weighted by Gasteiger charge is -2.30. The molecule has 102 valence electrons. The molecule has 1 rings (SSSR count). The second-order valence-corrected chi connectivity index (χ2v) is 5.18. The maximum Gasteiger partial charge on any atom is 0.154 e. The highest BCUT2D eigenvalue weighted by Gasteiger charge is 2.38. The van der Waals surface area contributed by atoms with Crippen molar-refractivity contribution in [3.8, 4) is 11.5 Å². The molecule has 1 atom stereocenters. The van der Waals surface area contributed by atoms with Gasteiger partial charge in [-0.2, -0.15) is 0 Å². The van der Waals surface area contributed by atoms with Crippen LogP contribution in [0.3, 0.4) is 0 Å². The van der Waals surface area contributed by atoms with Gasteiger partial charge in [0.1, 0.15) is 16.0 Å². The predicted octanol–water partition coefficient (Wildman–Crippen LogP) is 3.25. The van der Waals surface area contributed by atoms with Crippen molar-refractivity contribution in [2.24, 2.45) is 11.7 Å². The Bertz CT molecular complexity index is 426. The lowest BCUT2D eigenvalue weighted by Crippen LogP contribution is -2.36. The summed E-state index contributed by atoms with van der Waals surface area (Å²) >= 11 is 3.37. The minimum atomic E-state index is -1.62. The van der Waals surface area contributed by atoms with Crippen molar-refractivity contribution < 1.29 is 13.9 Å². The average molecular weight is 320 g/mol. The van der Waals surface area contributed by atoms with Crippen LogP contribution < -0.4 is 15.2 Å². The lowest BCUT2D eigenvalue weighted by atomic mass is 9.84. The van der Waals surface area contributed by atoms with Gasteiger partial charge in [-0.1, -0.05) is 13.8 Å². The van der Waals surface area contributed by atoms with Crippen molar-refractivity contribution >= 4 is 15.9 Å². The number of hydrogen-bond donors (Lipinski definition) is 1. The van der Waals surface area contributed by atoms with Gasteiger partial charge in [0, 0.05) is 12.1 Å². The van der Waals surface area contributed by atoms with Crippen LogP contribution in [0.2, 0.25) is 0 Å². The highest BCUT2D eigenvalue weighted by Crippen LogP contribution is 2.45. The molecule has 2 N–H and O–H groups in total. The number of rotatable bonds is 5. The van der Waals surface area contributed by atoms with E-state index >= 15 is 0 Å². The van der Waals surface area contributed by atoms with Gasteiger partial charge in [0.25, 0.3) is 0 Å². The predicted molar refractivity (Wildman–Crippen MR) is 73.9 cm³/mol. The molecular formula is C13H19BrFNO2. The lowest BCUT2D eigenvalue weighted by molar-refractivity contribution is 0.105. The monoisotopic (exact) mass is 319 g/mol. The van der Waals surface area contributed by atoms with E-state index in [1.165, 1.54) is 7.11 Å². The van der Waals surface area contributed by atoms with Crippen LogP contribution in [0.4, 0.5) is 4.39 Å². The van der Waals surface area contributed by atoms with Crippen molar-refractivity contribution in [3.05, 3.63) is 22.2 Å². The summed E-state index contributed by atoms with van der Waals surface area (Å²) in [5.74, 6) is 0.770. The summed E-state index contributed by atoms with van der Waals surface area (Å²) in [5, 5.41) is 0. The number of alkyl halides is 1. The van der Waals surface area contributed by atoms with Gasteiger partial charge in [0.15, 0.2) is 5.67 Å². The van der Waals surface area contributed by atoms with E-state index in [0.29, 0.717) is 21.5 Å². The molecule has 0 spiro atoms. The molecule has 0 saturated heterocycles. The fourth-order valence-electron chi connectivity index (χ4n) is 1.88. The standard InChI is InChI=1S/C13H19BrFNO2/c1-8(2)13(15,7-16)9-5-6-10(17-3)11(14)12(9)18-4/h5-6,8H,7,16H2,1-4H3. The molecule has 0 bridgehead atoms. The highest BCUT2D eigenvalue weighted by atomic mass is 79.9. The van der Waals surface area contributed by atoms with Crippen molar-refractivity contribution in [2.45, 2.75) is 19.5 Å². The van der Waals surface area contributed by atoms with Gasteiger partial charge in [-0.3, -0.25) is 0 Å². The van der Waals surface area contributed by atoms with Crippen LogP contribution in [-0.4, -0.2) is 20.8 Å².